The topological polar surface area (TPSA) is 70.4 Å². The molecule has 0 aliphatic rings. The summed E-state index contributed by atoms with van der Waals surface area (Å²) in [5.74, 6) is 0.0835. The number of hydrogen-bond donors (Lipinski definition) is 0. The number of hydrogen-bond acceptors (Lipinski definition) is 5. The minimum atomic E-state index is -0.657. The largest absolute Gasteiger partial charge is 0.493 e. The molecule has 30 heavy (non-hydrogen) atoms. The van der Waals surface area contributed by atoms with Gasteiger partial charge in [-0.3, -0.25) is 4.79 Å². The van der Waals surface area contributed by atoms with E-state index in [0.717, 1.165) is 11.1 Å². The second-order valence-electron chi connectivity index (χ2n) is 6.89. The van der Waals surface area contributed by atoms with E-state index in [1.54, 1.807) is 36.4 Å². The zero-order valence-corrected chi connectivity index (χ0v) is 16.7. The monoisotopic (exact) mass is 400 g/mol. The van der Waals surface area contributed by atoms with Gasteiger partial charge in [-0.15, -0.1) is 0 Å². The standard InChI is InChI=1S/C24H20N2O4/c1-16-12-13-20(21(14-16)29-2)30-24(28)22-18-10-6-7-11-19(18)23(27)26(25-22)15-17-8-4-3-5-9-17/h3-14H,15H2,1-2H3. The zero-order valence-electron chi connectivity index (χ0n) is 16.7. The van der Waals surface area contributed by atoms with E-state index in [1.807, 2.05) is 43.3 Å². The normalized spacial score (nSPS) is 10.7. The average Bonchev–Trinajstić information content (AvgIpc) is 2.77. The molecule has 0 atom stereocenters. The van der Waals surface area contributed by atoms with Crippen molar-refractivity contribution in [2.45, 2.75) is 13.5 Å². The molecule has 6 nitrogen and oxygen atoms in total. The Kier molecular flexibility index (Phi) is 5.30. The summed E-state index contributed by atoms with van der Waals surface area (Å²) in [6.45, 7) is 2.17. The maximum absolute atomic E-state index is 13.0. The van der Waals surface area contributed by atoms with E-state index in [9.17, 15) is 9.59 Å². The van der Waals surface area contributed by atoms with Gasteiger partial charge < -0.3 is 9.47 Å². The Morgan fingerprint density at radius 2 is 1.63 bits per heavy atom. The number of ether oxygens (including phenoxy) is 2. The summed E-state index contributed by atoms with van der Waals surface area (Å²) in [7, 11) is 1.51. The zero-order chi connectivity index (χ0) is 21.1. The Bertz CT molecular complexity index is 1280. The molecule has 0 aliphatic heterocycles. The van der Waals surface area contributed by atoms with Crippen LogP contribution in [0.4, 0.5) is 0 Å². The Balaban J connectivity index is 1.79. The number of esters is 1. The second-order valence-corrected chi connectivity index (χ2v) is 6.89. The van der Waals surface area contributed by atoms with Crippen LogP contribution in [0.1, 0.15) is 21.6 Å². The molecule has 0 radical (unpaired) electrons. The lowest BCUT2D eigenvalue weighted by Crippen LogP contribution is -2.27. The molecule has 0 unspecified atom stereocenters. The van der Waals surface area contributed by atoms with Crippen molar-refractivity contribution in [3.63, 3.8) is 0 Å². The third-order valence-electron chi connectivity index (χ3n) is 4.76. The van der Waals surface area contributed by atoms with Gasteiger partial charge in [-0.2, -0.15) is 5.10 Å². The number of carbonyl (C=O) groups excluding carboxylic acids is 1. The first-order valence-electron chi connectivity index (χ1n) is 9.47. The summed E-state index contributed by atoms with van der Waals surface area (Å²) >= 11 is 0. The highest BCUT2D eigenvalue weighted by Gasteiger charge is 2.20. The van der Waals surface area contributed by atoms with Crippen molar-refractivity contribution in [2.75, 3.05) is 7.11 Å². The lowest BCUT2D eigenvalue weighted by atomic mass is 10.1. The van der Waals surface area contributed by atoms with Gasteiger partial charge in [0.25, 0.3) is 5.56 Å². The molecule has 0 spiro atoms. The highest BCUT2D eigenvalue weighted by Crippen LogP contribution is 2.29. The fourth-order valence-corrected chi connectivity index (χ4v) is 3.26. The predicted octanol–water partition coefficient (Wildman–Crippen LogP) is 3.98. The van der Waals surface area contributed by atoms with Gasteiger partial charge >= 0.3 is 5.97 Å². The summed E-state index contributed by atoms with van der Waals surface area (Å²) in [6, 6.07) is 21.7. The van der Waals surface area contributed by atoms with Crippen LogP contribution in [0.5, 0.6) is 11.5 Å². The van der Waals surface area contributed by atoms with E-state index in [-0.39, 0.29) is 17.8 Å². The maximum Gasteiger partial charge on any atom is 0.364 e. The molecule has 0 bridgehead atoms. The van der Waals surface area contributed by atoms with Crippen molar-refractivity contribution in [2.24, 2.45) is 0 Å². The van der Waals surface area contributed by atoms with Crippen LogP contribution >= 0.6 is 0 Å². The summed E-state index contributed by atoms with van der Waals surface area (Å²) in [4.78, 5) is 26.0. The number of methoxy groups -OCH3 is 1. The lowest BCUT2D eigenvalue weighted by Gasteiger charge is -2.12. The number of rotatable bonds is 5. The summed E-state index contributed by atoms with van der Waals surface area (Å²) < 4.78 is 12.2. The van der Waals surface area contributed by atoms with Crippen molar-refractivity contribution in [3.05, 3.63) is 100.0 Å². The first-order valence-corrected chi connectivity index (χ1v) is 9.47. The van der Waals surface area contributed by atoms with Gasteiger partial charge in [0.05, 0.1) is 19.0 Å². The van der Waals surface area contributed by atoms with Crippen molar-refractivity contribution in [3.8, 4) is 11.5 Å². The highest BCUT2D eigenvalue weighted by atomic mass is 16.6. The van der Waals surface area contributed by atoms with Crippen LogP contribution in [0.3, 0.4) is 0 Å². The molecular formula is C24H20N2O4. The average molecular weight is 400 g/mol. The van der Waals surface area contributed by atoms with E-state index in [4.69, 9.17) is 9.47 Å². The number of benzene rings is 3. The minimum Gasteiger partial charge on any atom is -0.493 e. The Morgan fingerprint density at radius 1 is 0.933 bits per heavy atom. The summed E-state index contributed by atoms with van der Waals surface area (Å²) in [6.07, 6.45) is 0. The van der Waals surface area contributed by atoms with Crippen molar-refractivity contribution >= 4 is 16.7 Å². The highest BCUT2D eigenvalue weighted by molar-refractivity contribution is 6.03. The predicted molar refractivity (Wildman–Crippen MR) is 114 cm³/mol. The molecule has 150 valence electrons. The maximum atomic E-state index is 13.0. The third-order valence-corrected chi connectivity index (χ3v) is 4.76. The van der Waals surface area contributed by atoms with Gasteiger partial charge in [-0.25, -0.2) is 9.48 Å². The quantitative estimate of drug-likeness (QED) is 0.374. The van der Waals surface area contributed by atoms with Crippen LogP contribution in [0.2, 0.25) is 0 Å². The molecule has 4 rings (SSSR count). The Morgan fingerprint density at radius 3 is 2.37 bits per heavy atom. The minimum absolute atomic E-state index is 0.0729. The molecule has 3 aromatic carbocycles. The molecule has 0 amide bonds. The van der Waals surface area contributed by atoms with Crippen LogP contribution in [0, 0.1) is 6.92 Å². The Hall–Kier alpha value is -3.93. The van der Waals surface area contributed by atoms with Gasteiger partial charge in [0, 0.05) is 5.39 Å². The van der Waals surface area contributed by atoms with Crippen LogP contribution < -0.4 is 15.0 Å². The van der Waals surface area contributed by atoms with Gasteiger partial charge in [0.1, 0.15) is 0 Å². The fraction of sp³-hybridized carbons (Fsp3) is 0.125. The molecule has 4 aromatic rings. The fourth-order valence-electron chi connectivity index (χ4n) is 3.26. The number of aryl methyl sites for hydroxylation is 1. The summed E-state index contributed by atoms with van der Waals surface area (Å²) in [5, 5.41) is 5.21. The van der Waals surface area contributed by atoms with Crippen molar-refractivity contribution in [1.82, 2.24) is 9.78 Å². The van der Waals surface area contributed by atoms with Crippen LogP contribution in [0.15, 0.2) is 77.6 Å². The van der Waals surface area contributed by atoms with Gasteiger partial charge in [0.15, 0.2) is 17.2 Å². The molecule has 0 N–H and O–H groups in total. The van der Waals surface area contributed by atoms with Crippen LogP contribution in [0.25, 0.3) is 10.8 Å². The van der Waals surface area contributed by atoms with E-state index < -0.39 is 5.97 Å². The smallest absolute Gasteiger partial charge is 0.364 e. The molecule has 0 fully saturated rings. The number of fused-ring (bicyclic) bond motifs is 1. The molecule has 1 heterocycles. The summed E-state index contributed by atoms with van der Waals surface area (Å²) in [5.41, 5.74) is 1.69. The third kappa shape index (κ3) is 3.80. The first-order chi connectivity index (χ1) is 14.6. The lowest BCUT2D eigenvalue weighted by molar-refractivity contribution is 0.0723. The number of carbonyl (C=O) groups is 1. The number of nitrogens with zero attached hydrogens (tertiary/aromatic N) is 2. The van der Waals surface area contributed by atoms with Crippen LogP contribution in [-0.2, 0) is 6.54 Å². The Labute approximate surface area is 173 Å². The van der Waals surface area contributed by atoms with E-state index in [0.29, 0.717) is 22.3 Å². The number of aromatic nitrogens is 2. The molecule has 6 heteroatoms. The molecular weight excluding hydrogens is 380 g/mol. The van der Waals surface area contributed by atoms with E-state index in [1.165, 1.54) is 11.8 Å². The first kappa shape index (κ1) is 19.4. The molecule has 0 aliphatic carbocycles. The molecule has 0 saturated heterocycles. The van der Waals surface area contributed by atoms with E-state index >= 15 is 0 Å². The molecule has 0 saturated carbocycles. The molecule has 1 aromatic heterocycles. The van der Waals surface area contributed by atoms with Gasteiger partial charge in [-0.05, 0) is 36.2 Å². The van der Waals surface area contributed by atoms with Gasteiger partial charge in [-0.1, -0.05) is 54.6 Å². The second kappa shape index (κ2) is 8.21. The van der Waals surface area contributed by atoms with Crippen LogP contribution in [-0.4, -0.2) is 22.9 Å². The van der Waals surface area contributed by atoms with Gasteiger partial charge in [0.2, 0.25) is 0 Å². The SMILES string of the molecule is COc1cc(C)ccc1OC(=O)c1nn(Cc2ccccc2)c(=O)c2ccccc12. The van der Waals surface area contributed by atoms with E-state index in [2.05, 4.69) is 5.10 Å². The van der Waals surface area contributed by atoms with Crippen molar-refractivity contribution < 1.29 is 14.3 Å². The van der Waals surface area contributed by atoms with Crippen molar-refractivity contribution in [1.29, 1.82) is 0 Å².